The molecule has 8 heteroatoms. The molecule has 1 aliphatic rings. The first kappa shape index (κ1) is 19.8. The van der Waals surface area contributed by atoms with E-state index in [9.17, 15) is 13.6 Å². The van der Waals surface area contributed by atoms with Crippen LogP contribution in [0, 0.1) is 6.92 Å². The van der Waals surface area contributed by atoms with E-state index in [0.29, 0.717) is 34.6 Å². The Hall–Kier alpha value is -3.81. The van der Waals surface area contributed by atoms with Crippen LogP contribution in [0.4, 0.5) is 8.78 Å². The standard InChI is InChI=1S/C25H21F2N5O/c1-15-20(18-7-8-19-28-11-12-31(19)14-18)24(33)32-23(29-15)21(17-9-10-25(26,27)13-17)22(30-32)16-5-3-2-4-6-16/h2-8,11-12,14,17,29H,9-10,13H2,1H3. The van der Waals surface area contributed by atoms with Crippen LogP contribution in [0.15, 0.2) is 65.8 Å². The third-order valence-corrected chi connectivity index (χ3v) is 6.55. The van der Waals surface area contributed by atoms with E-state index >= 15 is 0 Å². The molecule has 6 nitrogen and oxygen atoms in total. The highest BCUT2D eigenvalue weighted by Crippen LogP contribution is 2.47. The minimum Gasteiger partial charge on any atom is -0.343 e. The van der Waals surface area contributed by atoms with Gasteiger partial charge in [-0.2, -0.15) is 9.61 Å². The number of pyridine rings is 1. The first-order valence-corrected chi connectivity index (χ1v) is 10.9. The Kier molecular flexibility index (Phi) is 4.27. The summed E-state index contributed by atoms with van der Waals surface area (Å²) >= 11 is 0. The lowest BCUT2D eigenvalue weighted by molar-refractivity contribution is 0.00781. The minimum absolute atomic E-state index is 0.157. The lowest BCUT2D eigenvalue weighted by Gasteiger charge is -2.13. The summed E-state index contributed by atoms with van der Waals surface area (Å²) in [5.74, 6) is -3.08. The van der Waals surface area contributed by atoms with Gasteiger partial charge in [0, 0.05) is 53.8 Å². The van der Waals surface area contributed by atoms with E-state index < -0.39 is 5.92 Å². The first-order chi connectivity index (χ1) is 15.9. The molecule has 0 spiro atoms. The molecule has 166 valence electrons. The van der Waals surface area contributed by atoms with Crippen molar-refractivity contribution in [1.29, 1.82) is 0 Å². The summed E-state index contributed by atoms with van der Waals surface area (Å²) < 4.78 is 31.5. The SMILES string of the molecule is Cc1[nH]c2c(C3CCC(F)(F)C3)c(-c3ccccc3)nn2c(=O)c1-c1ccc2nccn2c1. The molecule has 4 aromatic heterocycles. The topological polar surface area (TPSA) is 67.5 Å². The predicted octanol–water partition coefficient (Wildman–Crippen LogP) is 5.22. The van der Waals surface area contributed by atoms with Crippen LogP contribution in [0.25, 0.3) is 33.7 Å². The van der Waals surface area contributed by atoms with Crippen molar-refractivity contribution in [3.63, 3.8) is 0 Å². The lowest BCUT2D eigenvalue weighted by Crippen LogP contribution is -2.19. The largest absolute Gasteiger partial charge is 0.343 e. The van der Waals surface area contributed by atoms with Crippen LogP contribution in [0.5, 0.6) is 0 Å². The molecule has 1 aromatic carbocycles. The molecule has 1 atom stereocenters. The number of aromatic amines is 1. The molecule has 4 heterocycles. The molecule has 1 unspecified atom stereocenters. The van der Waals surface area contributed by atoms with Crippen molar-refractivity contribution in [2.24, 2.45) is 0 Å². The van der Waals surface area contributed by atoms with Crippen LogP contribution in [0.2, 0.25) is 0 Å². The molecule has 0 saturated heterocycles. The van der Waals surface area contributed by atoms with Gasteiger partial charge in [-0.1, -0.05) is 30.3 Å². The van der Waals surface area contributed by atoms with Crippen LogP contribution < -0.4 is 5.56 Å². The molecule has 1 saturated carbocycles. The monoisotopic (exact) mass is 445 g/mol. The Balaban J connectivity index is 1.61. The van der Waals surface area contributed by atoms with E-state index in [1.165, 1.54) is 4.52 Å². The number of fused-ring (bicyclic) bond motifs is 2. The molecule has 0 bridgehead atoms. The molecule has 33 heavy (non-hydrogen) atoms. The number of benzene rings is 1. The summed E-state index contributed by atoms with van der Waals surface area (Å²) in [6.07, 6.45) is 5.33. The highest BCUT2D eigenvalue weighted by Gasteiger charge is 2.42. The van der Waals surface area contributed by atoms with Gasteiger partial charge in [-0.15, -0.1) is 0 Å². The molecule has 0 amide bonds. The highest BCUT2D eigenvalue weighted by atomic mass is 19.3. The first-order valence-electron chi connectivity index (χ1n) is 10.9. The molecule has 1 N–H and O–H groups in total. The van der Waals surface area contributed by atoms with Crippen molar-refractivity contribution in [2.75, 3.05) is 0 Å². The van der Waals surface area contributed by atoms with Crippen LogP contribution in [-0.2, 0) is 0 Å². The average Bonchev–Trinajstić information content (AvgIpc) is 3.50. The van der Waals surface area contributed by atoms with Gasteiger partial charge >= 0.3 is 0 Å². The fraction of sp³-hybridized carbons (Fsp3) is 0.240. The van der Waals surface area contributed by atoms with E-state index in [0.717, 1.165) is 16.8 Å². The van der Waals surface area contributed by atoms with Gasteiger partial charge in [-0.3, -0.25) is 4.79 Å². The molecular weight excluding hydrogens is 424 g/mol. The quantitative estimate of drug-likeness (QED) is 0.414. The van der Waals surface area contributed by atoms with Crippen LogP contribution in [0.1, 0.15) is 36.4 Å². The van der Waals surface area contributed by atoms with Gasteiger partial charge in [0.25, 0.3) is 5.56 Å². The number of alkyl halides is 2. The summed E-state index contributed by atoms with van der Waals surface area (Å²) in [5, 5.41) is 4.66. The van der Waals surface area contributed by atoms with Crippen molar-refractivity contribution in [3.8, 4) is 22.4 Å². The Morgan fingerprint density at radius 3 is 2.70 bits per heavy atom. The van der Waals surface area contributed by atoms with Crippen LogP contribution in [0.3, 0.4) is 0 Å². The summed E-state index contributed by atoms with van der Waals surface area (Å²) in [4.78, 5) is 21.3. The third-order valence-electron chi connectivity index (χ3n) is 6.55. The van der Waals surface area contributed by atoms with Crippen LogP contribution >= 0.6 is 0 Å². The van der Waals surface area contributed by atoms with E-state index in [1.807, 2.05) is 66.2 Å². The molecule has 1 fully saturated rings. The Morgan fingerprint density at radius 2 is 1.94 bits per heavy atom. The zero-order valence-electron chi connectivity index (χ0n) is 17.9. The number of rotatable bonds is 3. The molecule has 0 aliphatic heterocycles. The lowest BCUT2D eigenvalue weighted by atomic mass is 9.94. The number of H-pyrrole nitrogens is 1. The molecule has 0 radical (unpaired) electrons. The Morgan fingerprint density at radius 1 is 1.12 bits per heavy atom. The summed E-state index contributed by atoms with van der Waals surface area (Å²) in [6.45, 7) is 1.83. The number of nitrogens with zero attached hydrogens (tertiary/aromatic N) is 4. The smallest absolute Gasteiger partial charge is 0.282 e. The zero-order valence-corrected chi connectivity index (χ0v) is 17.9. The summed E-state index contributed by atoms with van der Waals surface area (Å²) in [7, 11) is 0. The number of hydrogen-bond acceptors (Lipinski definition) is 3. The van der Waals surface area contributed by atoms with Gasteiger partial charge in [-0.05, 0) is 31.4 Å². The molecule has 6 rings (SSSR count). The maximum atomic E-state index is 14.2. The highest BCUT2D eigenvalue weighted by molar-refractivity contribution is 5.74. The van der Waals surface area contributed by atoms with Crippen molar-refractivity contribution in [1.82, 2.24) is 24.0 Å². The van der Waals surface area contributed by atoms with E-state index in [-0.39, 0.29) is 24.3 Å². The molecule has 1 aliphatic carbocycles. The Labute approximate surface area is 187 Å². The van der Waals surface area contributed by atoms with Crippen LogP contribution in [-0.4, -0.2) is 29.9 Å². The average molecular weight is 445 g/mol. The number of aryl methyl sites for hydroxylation is 1. The number of aromatic nitrogens is 5. The maximum absolute atomic E-state index is 14.2. The van der Waals surface area contributed by atoms with Gasteiger partial charge in [0.2, 0.25) is 5.92 Å². The van der Waals surface area contributed by atoms with Gasteiger partial charge in [-0.25, -0.2) is 13.8 Å². The van der Waals surface area contributed by atoms with Crippen molar-refractivity contribution < 1.29 is 8.78 Å². The summed E-state index contributed by atoms with van der Waals surface area (Å²) in [5.41, 5.74) is 4.94. The second-order valence-corrected chi connectivity index (χ2v) is 8.73. The minimum atomic E-state index is -2.71. The number of nitrogens with one attached hydrogen (secondary N) is 1. The number of hydrogen-bond donors (Lipinski definition) is 1. The fourth-order valence-electron chi connectivity index (χ4n) is 5.00. The van der Waals surface area contributed by atoms with Crippen molar-refractivity contribution in [2.45, 2.75) is 38.0 Å². The second-order valence-electron chi connectivity index (χ2n) is 8.73. The fourth-order valence-corrected chi connectivity index (χ4v) is 5.00. The van der Waals surface area contributed by atoms with Crippen molar-refractivity contribution in [3.05, 3.63) is 82.7 Å². The van der Waals surface area contributed by atoms with E-state index in [2.05, 4.69) is 15.1 Å². The van der Waals surface area contributed by atoms with E-state index in [1.54, 1.807) is 6.20 Å². The predicted molar refractivity (Wildman–Crippen MR) is 122 cm³/mol. The maximum Gasteiger partial charge on any atom is 0.282 e. The summed E-state index contributed by atoms with van der Waals surface area (Å²) in [6, 6.07) is 13.1. The van der Waals surface area contributed by atoms with Gasteiger partial charge in [0.15, 0.2) is 0 Å². The van der Waals surface area contributed by atoms with Gasteiger partial charge < -0.3 is 9.38 Å². The molecule has 5 aromatic rings. The zero-order chi connectivity index (χ0) is 22.7. The van der Waals surface area contributed by atoms with Gasteiger partial charge in [0.1, 0.15) is 11.3 Å². The van der Waals surface area contributed by atoms with Gasteiger partial charge in [0.05, 0.1) is 11.3 Å². The van der Waals surface area contributed by atoms with E-state index in [4.69, 9.17) is 0 Å². The van der Waals surface area contributed by atoms with Crippen molar-refractivity contribution >= 4 is 11.3 Å². The third kappa shape index (κ3) is 3.16. The second kappa shape index (κ2) is 7.10. The number of imidazole rings is 1. The molecular formula is C25H21F2N5O. The Bertz CT molecular complexity index is 1560. The normalized spacial score (nSPS) is 17.8. The number of halogens is 2.